The summed E-state index contributed by atoms with van der Waals surface area (Å²) < 4.78 is 1.46. The molecule has 7 heteroatoms. The topological polar surface area (TPSA) is 73.3 Å². The predicted molar refractivity (Wildman–Crippen MR) is 70.1 cm³/mol. The van der Waals surface area contributed by atoms with Crippen molar-refractivity contribution in [1.82, 2.24) is 14.6 Å². The molecule has 0 fully saturated rings. The molecule has 0 spiro atoms. The lowest BCUT2D eigenvalue weighted by Crippen LogP contribution is -1.97. The Morgan fingerprint density at radius 2 is 2.05 bits per heavy atom. The number of nitro benzene ring substituents is 1. The Morgan fingerprint density at radius 3 is 2.84 bits per heavy atom. The van der Waals surface area contributed by atoms with Crippen molar-refractivity contribution in [3.05, 3.63) is 57.9 Å². The standard InChI is InChI=1S/C12H7ClN4O2/c13-11-7-9(15-12-5-6-14-16(11)12)8-3-1-2-4-10(8)17(18)19/h1-7H. The lowest BCUT2D eigenvalue weighted by Gasteiger charge is -2.04. The maximum Gasteiger partial charge on any atom is 0.278 e. The number of nitrogens with zero attached hydrogens (tertiary/aromatic N) is 4. The van der Waals surface area contributed by atoms with Crippen molar-refractivity contribution in [2.24, 2.45) is 0 Å². The average molecular weight is 275 g/mol. The summed E-state index contributed by atoms with van der Waals surface area (Å²) in [6.45, 7) is 0. The number of fused-ring (bicyclic) bond motifs is 1. The minimum atomic E-state index is -0.439. The second kappa shape index (κ2) is 4.33. The van der Waals surface area contributed by atoms with Gasteiger partial charge in [-0.15, -0.1) is 0 Å². The Balaban J connectivity index is 2.27. The lowest BCUT2D eigenvalue weighted by molar-refractivity contribution is -0.384. The average Bonchev–Trinajstić information content (AvgIpc) is 2.87. The Kier molecular flexibility index (Phi) is 2.64. The summed E-state index contributed by atoms with van der Waals surface area (Å²) in [5.74, 6) is 0. The van der Waals surface area contributed by atoms with E-state index < -0.39 is 4.92 Å². The fourth-order valence-electron chi connectivity index (χ4n) is 1.86. The van der Waals surface area contributed by atoms with Crippen LogP contribution in [0.15, 0.2) is 42.6 Å². The number of hydrogen-bond acceptors (Lipinski definition) is 4. The molecule has 0 aliphatic heterocycles. The van der Waals surface area contributed by atoms with Gasteiger partial charge in [-0.1, -0.05) is 23.7 Å². The molecule has 19 heavy (non-hydrogen) atoms. The van der Waals surface area contributed by atoms with Crippen molar-refractivity contribution < 1.29 is 4.92 Å². The molecule has 0 radical (unpaired) electrons. The van der Waals surface area contributed by atoms with Crippen molar-refractivity contribution in [2.75, 3.05) is 0 Å². The first-order valence-electron chi connectivity index (χ1n) is 5.41. The van der Waals surface area contributed by atoms with E-state index in [1.165, 1.54) is 10.6 Å². The summed E-state index contributed by atoms with van der Waals surface area (Å²) in [5, 5.41) is 15.4. The number of rotatable bonds is 2. The number of nitro groups is 1. The zero-order valence-corrected chi connectivity index (χ0v) is 10.3. The molecule has 6 nitrogen and oxygen atoms in total. The van der Waals surface area contributed by atoms with E-state index in [1.807, 2.05) is 0 Å². The second-order valence-corrected chi connectivity index (χ2v) is 4.23. The molecule has 1 aromatic carbocycles. The van der Waals surface area contributed by atoms with Crippen molar-refractivity contribution in [1.29, 1.82) is 0 Å². The van der Waals surface area contributed by atoms with Gasteiger partial charge in [-0.2, -0.15) is 5.10 Å². The molecule has 0 saturated carbocycles. The number of halogens is 1. The molecule has 0 bridgehead atoms. The van der Waals surface area contributed by atoms with Crippen LogP contribution < -0.4 is 0 Å². The number of hydrogen-bond donors (Lipinski definition) is 0. The van der Waals surface area contributed by atoms with Crippen LogP contribution in [0, 0.1) is 10.1 Å². The van der Waals surface area contributed by atoms with Gasteiger partial charge in [0.25, 0.3) is 5.69 Å². The van der Waals surface area contributed by atoms with Gasteiger partial charge in [0.2, 0.25) is 0 Å². The van der Waals surface area contributed by atoms with Gasteiger partial charge in [0.05, 0.1) is 22.4 Å². The monoisotopic (exact) mass is 274 g/mol. The van der Waals surface area contributed by atoms with E-state index in [2.05, 4.69) is 10.1 Å². The molecule has 0 N–H and O–H groups in total. The van der Waals surface area contributed by atoms with Crippen LogP contribution >= 0.6 is 11.6 Å². The summed E-state index contributed by atoms with van der Waals surface area (Å²) in [7, 11) is 0. The molecule has 2 aromatic heterocycles. The highest BCUT2D eigenvalue weighted by Crippen LogP contribution is 2.29. The van der Waals surface area contributed by atoms with Gasteiger partial charge in [0.1, 0.15) is 5.15 Å². The van der Waals surface area contributed by atoms with E-state index in [4.69, 9.17) is 11.6 Å². The zero-order chi connectivity index (χ0) is 13.4. The van der Waals surface area contributed by atoms with Crippen LogP contribution in [0.4, 0.5) is 5.69 Å². The van der Waals surface area contributed by atoms with Crippen LogP contribution in [-0.2, 0) is 0 Å². The minimum Gasteiger partial charge on any atom is -0.258 e. The van der Waals surface area contributed by atoms with E-state index in [0.717, 1.165) is 0 Å². The SMILES string of the molecule is O=[N+]([O-])c1ccccc1-c1cc(Cl)n2nccc2n1. The fourth-order valence-corrected chi connectivity index (χ4v) is 2.10. The minimum absolute atomic E-state index is 0.00469. The molecule has 3 aromatic rings. The Labute approximate surface area is 112 Å². The van der Waals surface area contributed by atoms with Gasteiger partial charge >= 0.3 is 0 Å². The number of benzene rings is 1. The van der Waals surface area contributed by atoms with Crippen LogP contribution in [0.2, 0.25) is 5.15 Å². The first kappa shape index (κ1) is 11.6. The molecule has 3 rings (SSSR count). The highest BCUT2D eigenvalue weighted by Gasteiger charge is 2.16. The molecule has 0 aliphatic carbocycles. The first-order chi connectivity index (χ1) is 9.16. The predicted octanol–water partition coefficient (Wildman–Crippen LogP) is 2.96. The molecule has 0 amide bonds. The molecular formula is C12H7ClN4O2. The van der Waals surface area contributed by atoms with Gasteiger partial charge in [-0.05, 0) is 6.07 Å². The Morgan fingerprint density at radius 1 is 1.26 bits per heavy atom. The van der Waals surface area contributed by atoms with Crippen LogP contribution in [0.3, 0.4) is 0 Å². The fraction of sp³-hybridized carbons (Fsp3) is 0. The van der Waals surface area contributed by atoms with Crippen LogP contribution in [0.25, 0.3) is 16.9 Å². The highest BCUT2D eigenvalue weighted by molar-refractivity contribution is 6.30. The highest BCUT2D eigenvalue weighted by atomic mass is 35.5. The largest absolute Gasteiger partial charge is 0.278 e. The molecule has 94 valence electrons. The molecule has 2 heterocycles. The molecule has 0 saturated heterocycles. The van der Waals surface area contributed by atoms with E-state index >= 15 is 0 Å². The number of para-hydroxylation sites is 1. The normalized spacial score (nSPS) is 10.8. The summed E-state index contributed by atoms with van der Waals surface area (Å²) in [6.07, 6.45) is 1.57. The van der Waals surface area contributed by atoms with Crippen molar-refractivity contribution in [3.8, 4) is 11.3 Å². The van der Waals surface area contributed by atoms with Gasteiger partial charge < -0.3 is 0 Å². The smallest absolute Gasteiger partial charge is 0.258 e. The maximum atomic E-state index is 11.0. The summed E-state index contributed by atoms with van der Waals surface area (Å²) >= 11 is 6.08. The van der Waals surface area contributed by atoms with Crippen LogP contribution in [-0.4, -0.2) is 19.5 Å². The van der Waals surface area contributed by atoms with Gasteiger partial charge in [-0.3, -0.25) is 10.1 Å². The van der Waals surface area contributed by atoms with E-state index in [-0.39, 0.29) is 5.69 Å². The third-order valence-electron chi connectivity index (χ3n) is 2.69. The van der Waals surface area contributed by atoms with E-state index in [9.17, 15) is 10.1 Å². The van der Waals surface area contributed by atoms with Crippen molar-refractivity contribution >= 4 is 22.9 Å². The summed E-state index contributed by atoms with van der Waals surface area (Å²) in [5.41, 5.74) is 1.42. The van der Waals surface area contributed by atoms with Gasteiger partial charge in [-0.25, -0.2) is 9.50 Å². The summed E-state index contributed by atoms with van der Waals surface area (Å²) in [4.78, 5) is 14.9. The van der Waals surface area contributed by atoms with Crippen LogP contribution in [0.5, 0.6) is 0 Å². The quantitative estimate of drug-likeness (QED) is 0.409. The van der Waals surface area contributed by atoms with E-state index in [1.54, 1.807) is 36.5 Å². The second-order valence-electron chi connectivity index (χ2n) is 3.84. The van der Waals surface area contributed by atoms with Crippen molar-refractivity contribution in [2.45, 2.75) is 0 Å². The van der Waals surface area contributed by atoms with Crippen molar-refractivity contribution in [3.63, 3.8) is 0 Å². The zero-order valence-electron chi connectivity index (χ0n) is 9.52. The third kappa shape index (κ3) is 1.92. The third-order valence-corrected chi connectivity index (χ3v) is 2.96. The first-order valence-corrected chi connectivity index (χ1v) is 5.79. The van der Waals surface area contributed by atoms with E-state index in [0.29, 0.717) is 22.1 Å². The Hall–Kier alpha value is -2.47. The Bertz CT molecular complexity index is 784. The number of aromatic nitrogens is 3. The van der Waals surface area contributed by atoms with Gasteiger partial charge in [0, 0.05) is 18.2 Å². The van der Waals surface area contributed by atoms with Gasteiger partial charge in [0.15, 0.2) is 5.65 Å². The molecular weight excluding hydrogens is 268 g/mol. The molecule has 0 aliphatic rings. The molecule has 0 unspecified atom stereocenters. The maximum absolute atomic E-state index is 11.0. The van der Waals surface area contributed by atoms with Crippen LogP contribution in [0.1, 0.15) is 0 Å². The molecule has 0 atom stereocenters. The lowest BCUT2D eigenvalue weighted by atomic mass is 10.1. The summed E-state index contributed by atoms with van der Waals surface area (Å²) in [6, 6.07) is 9.66.